The molecule has 0 saturated carbocycles. The van der Waals surface area contributed by atoms with E-state index >= 15 is 0 Å². The van der Waals surface area contributed by atoms with Crippen LogP contribution < -0.4 is 0 Å². The Hall–Kier alpha value is -1.05. The third-order valence-corrected chi connectivity index (χ3v) is 6.25. The molecule has 2 bridgehead atoms. The zero-order valence-corrected chi connectivity index (χ0v) is 13.9. The van der Waals surface area contributed by atoms with E-state index in [1.165, 1.54) is 16.4 Å². The van der Waals surface area contributed by atoms with E-state index in [0.29, 0.717) is 18.5 Å². The van der Waals surface area contributed by atoms with E-state index in [-0.39, 0.29) is 6.04 Å². The number of piperazine rings is 1. The van der Waals surface area contributed by atoms with Gasteiger partial charge in [-0.05, 0) is 30.9 Å². The fourth-order valence-electron chi connectivity index (χ4n) is 4.09. The summed E-state index contributed by atoms with van der Waals surface area (Å²) in [4.78, 5) is 21.0. The van der Waals surface area contributed by atoms with Crippen molar-refractivity contribution in [2.24, 2.45) is 0 Å². The standard InChI is InChI=1S/C15H23N5OS/c1-2-18-5-7-19(8-6-18)10-14(21)20-11-3-4-13(20)15-12(9-11)16-17-22-15/h11,13H,2-10H2,1H3/t11-,13-/m0/s1. The predicted octanol–water partition coefficient (Wildman–Crippen LogP) is 0.764. The quantitative estimate of drug-likeness (QED) is 0.823. The summed E-state index contributed by atoms with van der Waals surface area (Å²) in [6, 6.07) is 0.601. The van der Waals surface area contributed by atoms with Crippen LogP contribution in [-0.2, 0) is 11.2 Å². The highest BCUT2D eigenvalue weighted by Crippen LogP contribution is 2.44. The van der Waals surface area contributed by atoms with E-state index < -0.39 is 0 Å². The van der Waals surface area contributed by atoms with Crippen molar-refractivity contribution in [3.8, 4) is 0 Å². The van der Waals surface area contributed by atoms with Gasteiger partial charge in [-0.2, -0.15) is 0 Å². The molecule has 0 N–H and O–H groups in total. The van der Waals surface area contributed by atoms with Gasteiger partial charge in [0, 0.05) is 38.6 Å². The first kappa shape index (κ1) is 14.5. The minimum absolute atomic E-state index is 0.248. The highest BCUT2D eigenvalue weighted by atomic mass is 32.1. The van der Waals surface area contributed by atoms with Crippen molar-refractivity contribution < 1.29 is 4.79 Å². The normalized spacial score (nSPS) is 28.9. The van der Waals surface area contributed by atoms with Gasteiger partial charge < -0.3 is 9.80 Å². The fraction of sp³-hybridized carbons (Fsp3) is 0.800. The Morgan fingerprint density at radius 2 is 2.00 bits per heavy atom. The molecule has 22 heavy (non-hydrogen) atoms. The van der Waals surface area contributed by atoms with Crippen LogP contribution >= 0.6 is 11.5 Å². The number of carbonyl (C=O) groups excluding carboxylic acids is 1. The van der Waals surface area contributed by atoms with E-state index in [9.17, 15) is 4.79 Å². The molecule has 120 valence electrons. The third kappa shape index (κ3) is 2.45. The molecule has 0 aliphatic carbocycles. The summed E-state index contributed by atoms with van der Waals surface area (Å²) < 4.78 is 4.09. The average Bonchev–Trinajstić information content (AvgIpc) is 3.13. The molecule has 0 aromatic carbocycles. The summed E-state index contributed by atoms with van der Waals surface area (Å²) in [7, 11) is 0. The molecule has 0 unspecified atom stereocenters. The maximum Gasteiger partial charge on any atom is 0.237 e. The largest absolute Gasteiger partial charge is 0.330 e. The zero-order chi connectivity index (χ0) is 15.1. The summed E-state index contributed by atoms with van der Waals surface area (Å²) in [6.45, 7) is 8.07. The number of hydrogen-bond donors (Lipinski definition) is 0. The zero-order valence-electron chi connectivity index (χ0n) is 13.1. The molecule has 2 fully saturated rings. The smallest absolute Gasteiger partial charge is 0.237 e. The maximum absolute atomic E-state index is 12.8. The molecule has 1 aromatic heterocycles. The maximum atomic E-state index is 12.8. The molecule has 2 atom stereocenters. The summed E-state index contributed by atoms with van der Waals surface area (Å²) in [5.41, 5.74) is 1.14. The number of aromatic nitrogens is 2. The fourth-order valence-corrected chi connectivity index (χ4v) is 4.90. The number of carbonyl (C=O) groups is 1. The number of amides is 1. The second kappa shape index (κ2) is 5.86. The Labute approximate surface area is 135 Å². The van der Waals surface area contributed by atoms with Crippen LogP contribution in [0.3, 0.4) is 0 Å². The SMILES string of the molecule is CCN1CCN(CC(=O)N2[C@H]3CC[C@H]2c2snnc2C3)CC1. The van der Waals surface area contributed by atoms with Crippen LogP contribution in [0.4, 0.5) is 0 Å². The molecule has 0 spiro atoms. The molecular formula is C15H23N5OS. The first-order valence-electron chi connectivity index (χ1n) is 8.33. The Morgan fingerprint density at radius 3 is 2.77 bits per heavy atom. The summed E-state index contributed by atoms with van der Waals surface area (Å²) in [6.07, 6.45) is 3.09. The second-order valence-corrected chi connectivity index (χ2v) is 7.33. The van der Waals surface area contributed by atoms with Crippen molar-refractivity contribution in [3.63, 3.8) is 0 Å². The van der Waals surface area contributed by atoms with Crippen molar-refractivity contribution in [2.75, 3.05) is 39.3 Å². The number of hydrogen-bond acceptors (Lipinski definition) is 6. The third-order valence-electron chi connectivity index (χ3n) is 5.38. The van der Waals surface area contributed by atoms with Crippen molar-refractivity contribution in [2.45, 2.75) is 38.3 Å². The molecule has 1 aromatic rings. The van der Waals surface area contributed by atoms with Gasteiger partial charge in [-0.3, -0.25) is 9.69 Å². The van der Waals surface area contributed by atoms with E-state index in [2.05, 4.69) is 31.2 Å². The molecule has 3 aliphatic heterocycles. The molecule has 3 aliphatic rings. The molecule has 1 amide bonds. The molecule has 4 rings (SSSR count). The van der Waals surface area contributed by atoms with Crippen LogP contribution in [0.25, 0.3) is 0 Å². The van der Waals surface area contributed by atoms with E-state index in [1.54, 1.807) is 0 Å². The minimum atomic E-state index is 0.248. The van der Waals surface area contributed by atoms with Gasteiger partial charge in [0.25, 0.3) is 0 Å². The first-order chi connectivity index (χ1) is 10.8. The topological polar surface area (TPSA) is 52.6 Å². The van der Waals surface area contributed by atoms with Crippen molar-refractivity contribution in [3.05, 3.63) is 10.6 Å². The molecule has 0 radical (unpaired) electrons. The van der Waals surface area contributed by atoms with Crippen molar-refractivity contribution in [1.29, 1.82) is 0 Å². The Bertz CT molecular complexity index is 554. The number of rotatable bonds is 3. The van der Waals surface area contributed by atoms with Crippen LogP contribution in [-0.4, -0.2) is 75.5 Å². The highest BCUT2D eigenvalue weighted by Gasteiger charge is 2.44. The number of fused-ring (bicyclic) bond motifs is 4. The lowest BCUT2D eigenvalue weighted by Gasteiger charge is -2.37. The Kier molecular flexibility index (Phi) is 3.88. The minimum Gasteiger partial charge on any atom is -0.330 e. The van der Waals surface area contributed by atoms with Gasteiger partial charge in [-0.25, -0.2) is 0 Å². The first-order valence-corrected chi connectivity index (χ1v) is 9.10. The lowest BCUT2D eigenvalue weighted by Crippen LogP contribution is -2.51. The van der Waals surface area contributed by atoms with Gasteiger partial charge in [0.2, 0.25) is 5.91 Å². The van der Waals surface area contributed by atoms with Crippen LogP contribution in [0.15, 0.2) is 0 Å². The van der Waals surface area contributed by atoms with Gasteiger partial charge in [0.15, 0.2) is 0 Å². The molecule has 4 heterocycles. The molecule has 2 saturated heterocycles. The van der Waals surface area contributed by atoms with E-state index in [0.717, 1.165) is 57.7 Å². The lowest BCUT2D eigenvalue weighted by atomic mass is 10.1. The monoisotopic (exact) mass is 321 g/mol. The summed E-state index contributed by atoms with van der Waals surface area (Å²) >= 11 is 1.48. The molecule has 6 nitrogen and oxygen atoms in total. The summed E-state index contributed by atoms with van der Waals surface area (Å²) in [5, 5.41) is 4.24. The highest BCUT2D eigenvalue weighted by molar-refractivity contribution is 7.05. The summed E-state index contributed by atoms with van der Waals surface area (Å²) in [5.74, 6) is 0.302. The van der Waals surface area contributed by atoms with Gasteiger partial charge in [-0.1, -0.05) is 11.4 Å². The molecular weight excluding hydrogens is 298 g/mol. The van der Waals surface area contributed by atoms with Gasteiger partial charge in [-0.15, -0.1) is 5.10 Å². The van der Waals surface area contributed by atoms with Gasteiger partial charge >= 0.3 is 0 Å². The van der Waals surface area contributed by atoms with Crippen LogP contribution in [0.5, 0.6) is 0 Å². The second-order valence-electron chi connectivity index (χ2n) is 6.55. The van der Waals surface area contributed by atoms with E-state index in [4.69, 9.17) is 0 Å². The van der Waals surface area contributed by atoms with Gasteiger partial charge in [0.1, 0.15) is 0 Å². The predicted molar refractivity (Wildman–Crippen MR) is 84.8 cm³/mol. The van der Waals surface area contributed by atoms with Gasteiger partial charge in [0.05, 0.1) is 23.2 Å². The van der Waals surface area contributed by atoms with Crippen LogP contribution in [0.2, 0.25) is 0 Å². The Morgan fingerprint density at radius 1 is 1.23 bits per heavy atom. The van der Waals surface area contributed by atoms with Crippen molar-refractivity contribution in [1.82, 2.24) is 24.3 Å². The number of likely N-dealkylation sites (N-methyl/N-ethyl adjacent to an activating group) is 1. The number of nitrogens with zero attached hydrogens (tertiary/aromatic N) is 5. The average molecular weight is 321 g/mol. The lowest BCUT2D eigenvalue weighted by molar-refractivity contribution is -0.136. The Balaban J connectivity index is 1.42. The van der Waals surface area contributed by atoms with Crippen LogP contribution in [0, 0.1) is 0 Å². The van der Waals surface area contributed by atoms with Crippen LogP contribution in [0.1, 0.15) is 36.4 Å². The van der Waals surface area contributed by atoms with E-state index in [1.807, 2.05) is 0 Å². The molecule has 7 heteroatoms. The van der Waals surface area contributed by atoms with Crippen molar-refractivity contribution >= 4 is 17.4 Å².